The smallest absolute Gasteiger partial charge is 0.259 e. The second-order valence-electron chi connectivity index (χ2n) is 7.96. The first-order valence-electron chi connectivity index (χ1n) is 11.5. The van der Waals surface area contributed by atoms with Crippen molar-refractivity contribution in [2.45, 2.75) is 90.4 Å². The minimum absolute atomic E-state index is 0.236. The number of unbranched alkanes of at least 4 members (excludes halogenated alkanes) is 9. The van der Waals surface area contributed by atoms with Crippen LogP contribution >= 0.6 is 0 Å². The third-order valence-electron chi connectivity index (χ3n) is 5.50. The Hall–Kier alpha value is -2.16. The Morgan fingerprint density at radius 2 is 1.41 bits per heavy atom. The zero-order valence-electron chi connectivity index (χ0n) is 18.1. The van der Waals surface area contributed by atoms with Crippen LogP contribution in [-0.2, 0) is 6.42 Å². The van der Waals surface area contributed by atoms with Crippen molar-refractivity contribution < 1.29 is 9.59 Å². The maximum atomic E-state index is 11.9. The highest BCUT2D eigenvalue weighted by Crippen LogP contribution is 2.22. The fourth-order valence-electron chi connectivity index (χ4n) is 3.80. The van der Waals surface area contributed by atoms with Crippen LogP contribution in [0.3, 0.4) is 0 Å². The number of benzene rings is 1. The average Bonchev–Trinajstić information content (AvgIpc) is 3.02. The van der Waals surface area contributed by atoms with Crippen molar-refractivity contribution in [2.75, 3.05) is 0 Å². The molecule has 0 saturated carbocycles. The molecule has 3 heteroatoms. The van der Waals surface area contributed by atoms with Gasteiger partial charge in [0.1, 0.15) is 0 Å². The van der Waals surface area contributed by atoms with Gasteiger partial charge in [0.05, 0.1) is 11.1 Å². The van der Waals surface area contributed by atoms with Crippen molar-refractivity contribution in [1.82, 2.24) is 5.32 Å². The first-order chi connectivity index (χ1) is 14.2. The lowest BCUT2D eigenvalue weighted by atomic mass is 9.97. The molecular formula is C26H37NO2. The summed E-state index contributed by atoms with van der Waals surface area (Å²) in [5.74, 6) is -0.496. The molecule has 1 aliphatic rings. The van der Waals surface area contributed by atoms with Gasteiger partial charge in [-0.3, -0.25) is 14.9 Å². The largest absolute Gasteiger partial charge is 0.288 e. The summed E-state index contributed by atoms with van der Waals surface area (Å²) in [5.41, 5.74) is 2.14. The molecule has 1 N–H and O–H groups in total. The predicted molar refractivity (Wildman–Crippen MR) is 121 cm³/mol. The second-order valence-corrected chi connectivity index (χ2v) is 7.96. The number of nitrogens with one attached hydrogen (secondary N) is 1. The molecule has 0 spiro atoms. The number of carbonyl (C=O) groups excluding carboxylic acids is 2. The van der Waals surface area contributed by atoms with Crippen molar-refractivity contribution in [3.63, 3.8) is 0 Å². The zero-order chi connectivity index (χ0) is 20.7. The number of hydrogen-bond donors (Lipinski definition) is 1. The molecule has 2 amide bonds. The molecule has 0 radical (unpaired) electrons. The van der Waals surface area contributed by atoms with Gasteiger partial charge in [0.15, 0.2) is 0 Å². The summed E-state index contributed by atoms with van der Waals surface area (Å²) < 4.78 is 0. The van der Waals surface area contributed by atoms with Crippen LogP contribution in [0.5, 0.6) is 0 Å². The van der Waals surface area contributed by atoms with E-state index in [9.17, 15) is 9.59 Å². The fraction of sp³-hybridized carbons (Fsp3) is 0.538. The van der Waals surface area contributed by atoms with Crippen molar-refractivity contribution in [2.24, 2.45) is 0 Å². The molecule has 3 nitrogen and oxygen atoms in total. The van der Waals surface area contributed by atoms with E-state index in [-0.39, 0.29) is 11.8 Å². The van der Waals surface area contributed by atoms with Crippen LogP contribution in [0, 0.1) is 0 Å². The lowest BCUT2D eigenvalue weighted by Gasteiger charge is -2.06. The third-order valence-corrected chi connectivity index (χ3v) is 5.50. The number of aryl methyl sites for hydroxylation is 1. The number of allylic oxidation sites excluding steroid dienone is 4. The molecule has 2 rings (SSSR count). The van der Waals surface area contributed by atoms with Crippen molar-refractivity contribution in [1.29, 1.82) is 0 Å². The molecule has 0 aromatic heterocycles. The first-order valence-corrected chi connectivity index (χ1v) is 11.5. The maximum Gasteiger partial charge on any atom is 0.259 e. The van der Waals surface area contributed by atoms with Crippen LogP contribution in [-0.4, -0.2) is 11.8 Å². The van der Waals surface area contributed by atoms with Gasteiger partial charge in [-0.25, -0.2) is 0 Å². The van der Waals surface area contributed by atoms with E-state index in [1.807, 2.05) is 12.1 Å². The van der Waals surface area contributed by atoms with Gasteiger partial charge < -0.3 is 0 Å². The number of fused-ring (bicyclic) bond motifs is 1. The summed E-state index contributed by atoms with van der Waals surface area (Å²) >= 11 is 0. The molecule has 29 heavy (non-hydrogen) atoms. The van der Waals surface area contributed by atoms with Crippen LogP contribution in [0.1, 0.15) is 110 Å². The van der Waals surface area contributed by atoms with E-state index in [2.05, 4.69) is 36.5 Å². The van der Waals surface area contributed by atoms with E-state index in [1.165, 1.54) is 64.2 Å². The highest BCUT2D eigenvalue weighted by Gasteiger charge is 2.28. The van der Waals surface area contributed by atoms with Crippen LogP contribution in [0.15, 0.2) is 42.5 Å². The second kappa shape index (κ2) is 13.9. The highest BCUT2D eigenvalue weighted by molar-refractivity contribution is 6.22. The van der Waals surface area contributed by atoms with Crippen LogP contribution in [0.4, 0.5) is 0 Å². The average molecular weight is 396 g/mol. The van der Waals surface area contributed by atoms with Crippen molar-refractivity contribution in [3.05, 3.63) is 59.2 Å². The summed E-state index contributed by atoms with van der Waals surface area (Å²) in [6, 6.07) is 5.59. The summed E-state index contributed by atoms with van der Waals surface area (Å²) in [4.78, 5) is 23.6. The van der Waals surface area contributed by atoms with E-state index >= 15 is 0 Å². The predicted octanol–water partition coefficient (Wildman–Crippen LogP) is 6.93. The van der Waals surface area contributed by atoms with Crippen LogP contribution < -0.4 is 5.32 Å². The fourth-order valence-corrected chi connectivity index (χ4v) is 3.80. The van der Waals surface area contributed by atoms with Gasteiger partial charge in [-0.1, -0.05) is 81.9 Å². The van der Waals surface area contributed by atoms with E-state index in [0.717, 1.165) is 24.8 Å². The summed E-state index contributed by atoms with van der Waals surface area (Å²) in [6.07, 6.45) is 24.8. The minimum atomic E-state index is -0.260. The lowest BCUT2D eigenvalue weighted by molar-refractivity contribution is 0.0879. The van der Waals surface area contributed by atoms with Gasteiger partial charge >= 0.3 is 0 Å². The summed E-state index contributed by atoms with van der Waals surface area (Å²) in [5, 5.41) is 2.39. The Bertz CT molecular complexity index is 703. The Labute approximate surface area is 176 Å². The Kier molecular flexibility index (Phi) is 11.1. The SMILES string of the molecule is CCCCCC=CCC=CCCCCCCCCc1cccc2c1C(=O)NC2=O. The van der Waals surface area contributed by atoms with E-state index in [0.29, 0.717) is 11.1 Å². The molecule has 158 valence electrons. The molecule has 0 aliphatic carbocycles. The third kappa shape index (κ3) is 8.39. The Balaban J connectivity index is 1.47. The number of imide groups is 1. The van der Waals surface area contributed by atoms with E-state index in [1.54, 1.807) is 6.07 Å². The standard InChI is InChI=1S/C26H37NO2/c1-2-3-4-5-6-7-8-9-10-11-12-13-14-15-16-17-19-22-20-18-21-23-24(22)26(29)27-25(23)28/h6-7,9-10,18,20-21H,2-5,8,11-17,19H2,1H3,(H,27,28,29). The lowest BCUT2D eigenvalue weighted by Crippen LogP contribution is -2.20. The van der Waals surface area contributed by atoms with Gasteiger partial charge in [0.2, 0.25) is 0 Å². The highest BCUT2D eigenvalue weighted by atomic mass is 16.2. The molecule has 0 unspecified atom stereocenters. The summed E-state index contributed by atoms with van der Waals surface area (Å²) in [7, 11) is 0. The molecule has 0 bridgehead atoms. The van der Waals surface area contributed by atoms with Gasteiger partial charge in [-0.2, -0.15) is 0 Å². The van der Waals surface area contributed by atoms with Gasteiger partial charge in [0.25, 0.3) is 11.8 Å². The van der Waals surface area contributed by atoms with Crippen molar-refractivity contribution in [3.8, 4) is 0 Å². The molecule has 0 atom stereocenters. The quantitative estimate of drug-likeness (QED) is 0.199. The van der Waals surface area contributed by atoms with Crippen LogP contribution in [0.2, 0.25) is 0 Å². The number of amides is 2. The Morgan fingerprint density at radius 3 is 2.14 bits per heavy atom. The number of hydrogen-bond acceptors (Lipinski definition) is 2. The van der Waals surface area contributed by atoms with Crippen molar-refractivity contribution >= 4 is 11.8 Å². The van der Waals surface area contributed by atoms with Gasteiger partial charge in [-0.15, -0.1) is 0 Å². The normalized spacial score (nSPS) is 13.6. The monoisotopic (exact) mass is 395 g/mol. The number of carbonyl (C=O) groups is 2. The molecule has 1 aromatic carbocycles. The molecule has 1 aromatic rings. The minimum Gasteiger partial charge on any atom is -0.288 e. The molecular weight excluding hydrogens is 358 g/mol. The van der Waals surface area contributed by atoms with Gasteiger partial charge in [-0.05, 0) is 56.6 Å². The molecule has 0 saturated heterocycles. The molecule has 1 aliphatic heterocycles. The number of rotatable bonds is 15. The topological polar surface area (TPSA) is 46.2 Å². The zero-order valence-corrected chi connectivity index (χ0v) is 18.1. The molecule has 1 heterocycles. The molecule has 0 fully saturated rings. The Morgan fingerprint density at radius 1 is 0.759 bits per heavy atom. The van der Waals surface area contributed by atoms with E-state index < -0.39 is 0 Å². The summed E-state index contributed by atoms with van der Waals surface area (Å²) in [6.45, 7) is 2.24. The maximum absolute atomic E-state index is 11.9. The van der Waals surface area contributed by atoms with Crippen LogP contribution in [0.25, 0.3) is 0 Å². The van der Waals surface area contributed by atoms with E-state index in [4.69, 9.17) is 0 Å². The first kappa shape index (κ1) is 23.1. The van der Waals surface area contributed by atoms with Gasteiger partial charge in [0, 0.05) is 0 Å².